The summed E-state index contributed by atoms with van der Waals surface area (Å²) in [6.45, 7) is 4.13. The molecule has 0 aromatic rings. The molecule has 0 saturated heterocycles. The van der Waals surface area contributed by atoms with Crippen LogP contribution >= 0.6 is 0 Å². The molecule has 322 valence electrons. The normalized spacial score (nSPS) is 14.1. The quantitative estimate of drug-likeness (QED) is 0.0428. The highest BCUT2D eigenvalue weighted by Gasteiger charge is 2.17. The molecule has 3 N–H and O–H groups in total. The topological polar surface area (TPSA) is 69.6 Å². The van der Waals surface area contributed by atoms with E-state index in [2.05, 4.69) is 129 Å². The minimum absolute atomic E-state index is 0.0918. The molecule has 0 aromatic heterocycles. The van der Waals surface area contributed by atoms with Gasteiger partial charge in [0, 0.05) is 6.42 Å². The lowest BCUT2D eigenvalue weighted by molar-refractivity contribution is -0.123. The molecule has 0 aliphatic carbocycles. The van der Waals surface area contributed by atoms with Crippen molar-refractivity contribution in [1.82, 2.24) is 5.32 Å². The first-order valence-electron chi connectivity index (χ1n) is 23.2. The molecule has 0 radical (unpaired) electrons. The van der Waals surface area contributed by atoms with E-state index in [-0.39, 0.29) is 12.5 Å². The van der Waals surface area contributed by atoms with Gasteiger partial charge in [-0.05, 0) is 103 Å². The van der Waals surface area contributed by atoms with Crippen LogP contribution in [0, 0.1) is 0 Å². The number of aliphatic hydroxyl groups excluding tert-OH is 2. The van der Waals surface area contributed by atoms with Gasteiger partial charge in [0.15, 0.2) is 0 Å². The predicted octanol–water partition coefficient (Wildman–Crippen LogP) is 15.0. The van der Waals surface area contributed by atoms with E-state index in [9.17, 15) is 15.0 Å². The van der Waals surface area contributed by atoms with Crippen LogP contribution in [0.25, 0.3) is 0 Å². The van der Waals surface area contributed by atoms with Crippen molar-refractivity contribution >= 4 is 5.91 Å². The Hall–Kier alpha value is -3.21. The monoisotopic (exact) mass is 786 g/mol. The van der Waals surface area contributed by atoms with Crippen molar-refractivity contribution in [3.63, 3.8) is 0 Å². The minimum Gasteiger partial charge on any atom is -0.394 e. The van der Waals surface area contributed by atoms with E-state index in [4.69, 9.17) is 0 Å². The van der Waals surface area contributed by atoms with E-state index in [0.717, 1.165) is 89.9 Å². The average Bonchev–Trinajstić information content (AvgIpc) is 3.22. The Balaban J connectivity index is 3.67. The Kier molecular flexibility index (Phi) is 44.5. The number of rotatable bonds is 40. The van der Waals surface area contributed by atoms with Gasteiger partial charge in [-0.15, -0.1) is 0 Å². The molecule has 57 heavy (non-hydrogen) atoms. The highest BCUT2D eigenvalue weighted by molar-refractivity contribution is 5.76. The van der Waals surface area contributed by atoms with Gasteiger partial charge in [0.25, 0.3) is 0 Å². The number of hydrogen-bond donors (Lipinski definition) is 3. The van der Waals surface area contributed by atoms with Crippen molar-refractivity contribution in [1.29, 1.82) is 0 Å². The fourth-order valence-electron chi connectivity index (χ4n) is 6.13. The highest BCUT2D eigenvalue weighted by Crippen LogP contribution is 2.12. The molecular formula is C53H87NO3. The molecule has 0 heterocycles. The summed E-state index contributed by atoms with van der Waals surface area (Å²) in [5.41, 5.74) is 0. The second-order valence-corrected chi connectivity index (χ2v) is 15.1. The van der Waals surface area contributed by atoms with Crippen molar-refractivity contribution in [3.05, 3.63) is 122 Å². The van der Waals surface area contributed by atoms with Crippen LogP contribution in [0.5, 0.6) is 0 Å². The standard InChI is InChI=1S/C53H87NO3/c1-3-5-7-9-11-13-15-17-19-20-21-22-23-24-25-26-27-28-29-30-31-32-33-34-35-37-39-41-43-45-47-49-53(57)54-51(50-55)52(56)48-46-44-42-40-38-36-18-16-14-12-10-8-6-4-2/h5,7,11,13-14,16-17,19,21-22,24-25,27-28,30-31,38,40,46,48,51-52,55-56H,3-4,6,8-10,12,15,18,20,23,26,29,32-37,39,41-45,47,49-50H2,1-2H3,(H,54,57)/b7-5-,13-11-,16-14+,19-17-,22-21-,25-24-,28-27-,31-30-,40-38+,48-46+. The van der Waals surface area contributed by atoms with Crippen LogP contribution in [0.15, 0.2) is 122 Å². The third-order valence-electron chi connectivity index (χ3n) is 9.66. The molecule has 2 unspecified atom stereocenters. The van der Waals surface area contributed by atoms with Gasteiger partial charge >= 0.3 is 0 Å². The summed E-state index contributed by atoms with van der Waals surface area (Å²) in [5, 5.41) is 23.0. The molecule has 0 aromatic carbocycles. The van der Waals surface area contributed by atoms with Crippen molar-refractivity contribution in [2.24, 2.45) is 0 Å². The molecule has 0 fully saturated rings. The van der Waals surface area contributed by atoms with Crippen molar-refractivity contribution in [2.45, 2.75) is 199 Å². The second kappa shape index (κ2) is 47.2. The molecule has 0 aliphatic heterocycles. The summed E-state index contributed by atoms with van der Waals surface area (Å²) in [7, 11) is 0. The molecule has 0 spiro atoms. The summed E-state index contributed by atoms with van der Waals surface area (Å²) >= 11 is 0. The first-order chi connectivity index (χ1) is 28.2. The van der Waals surface area contributed by atoms with Crippen molar-refractivity contribution in [2.75, 3.05) is 6.61 Å². The molecule has 4 nitrogen and oxygen atoms in total. The Morgan fingerprint density at radius 3 is 1.23 bits per heavy atom. The van der Waals surface area contributed by atoms with Crippen LogP contribution in [0.4, 0.5) is 0 Å². The number of unbranched alkanes of at least 4 members (excludes halogenated alkanes) is 15. The lowest BCUT2D eigenvalue weighted by Crippen LogP contribution is -2.45. The molecule has 0 bridgehead atoms. The maximum Gasteiger partial charge on any atom is 0.220 e. The number of allylic oxidation sites excluding steroid dienone is 19. The molecule has 0 aliphatic rings. The Morgan fingerprint density at radius 2 is 0.789 bits per heavy atom. The SMILES string of the molecule is CC/C=C\C/C=C\C/C=C\C/C=C\C/C=C\C/C=C\C/C=C\CCCCCCCCCCCC(=O)NC(CO)C(O)/C=C/CC/C=C/CC/C=C/CCCCCC. The maximum absolute atomic E-state index is 12.4. The van der Waals surface area contributed by atoms with E-state index >= 15 is 0 Å². The van der Waals surface area contributed by atoms with Gasteiger partial charge in [-0.2, -0.15) is 0 Å². The second-order valence-electron chi connectivity index (χ2n) is 15.1. The van der Waals surface area contributed by atoms with Crippen LogP contribution < -0.4 is 5.32 Å². The zero-order valence-corrected chi connectivity index (χ0v) is 36.8. The summed E-state index contributed by atoms with van der Waals surface area (Å²) in [4.78, 5) is 12.4. The van der Waals surface area contributed by atoms with Gasteiger partial charge in [0.05, 0.1) is 18.8 Å². The van der Waals surface area contributed by atoms with Crippen molar-refractivity contribution in [3.8, 4) is 0 Å². The maximum atomic E-state index is 12.4. The van der Waals surface area contributed by atoms with E-state index in [1.165, 1.54) is 77.0 Å². The van der Waals surface area contributed by atoms with Gasteiger partial charge in [-0.25, -0.2) is 0 Å². The van der Waals surface area contributed by atoms with Gasteiger partial charge in [0.2, 0.25) is 5.91 Å². The smallest absolute Gasteiger partial charge is 0.220 e. The van der Waals surface area contributed by atoms with Gasteiger partial charge in [-0.3, -0.25) is 4.79 Å². The van der Waals surface area contributed by atoms with Crippen LogP contribution in [-0.2, 0) is 4.79 Å². The van der Waals surface area contributed by atoms with Crippen LogP contribution in [-0.4, -0.2) is 34.9 Å². The third kappa shape index (κ3) is 43.8. The number of hydrogen-bond acceptors (Lipinski definition) is 3. The number of carbonyl (C=O) groups excluding carboxylic acids is 1. The Labute approximate surface area is 352 Å². The molecule has 1 amide bonds. The summed E-state index contributed by atoms with van der Waals surface area (Å²) < 4.78 is 0. The van der Waals surface area contributed by atoms with Gasteiger partial charge < -0.3 is 15.5 Å². The lowest BCUT2D eigenvalue weighted by Gasteiger charge is -2.19. The molecular weight excluding hydrogens is 699 g/mol. The molecule has 4 heteroatoms. The zero-order chi connectivity index (χ0) is 41.4. The summed E-state index contributed by atoms with van der Waals surface area (Å²) in [6, 6.07) is -0.656. The van der Waals surface area contributed by atoms with E-state index in [1.54, 1.807) is 6.08 Å². The zero-order valence-electron chi connectivity index (χ0n) is 36.8. The molecule has 2 atom stereocenters. The number of aliphatic hydroxyl groups is 2. The highest BCUT2D eigenvalue weighted by atomic mass is 16.3. The Morgan fingerprint density at radius 1 is 0.439 bits per heavy atom. The molecule has 0 rings (SSSR count). The fraction of sp³-hybridized carbons (Fsp3) is 0.604. The number of amides is 1. The number of carbonyl (C=O) groups is 1. The summed E-state index contributed by atoms with van der Waals surface area (Å²) in [6.07, 6.45) is 73.1. The van der Waals surface area contributed by atoms with E-state index in [1.807, 2.05) is 6.08 Å². The number of nitrogens with one attached hydrogen (secondary N) is 1. The first-order valence-corrected chi connectivity index (χ1v) is 23.2. The first kappa shape index (κ1) is 53.8. The van der Waals surface area contributed by atoms with Gasteiger partial charge in [-0.1, -0.05) is 200 Å². The average molecular weight is 786 g/mol. The van der Waals surface area contributed by atoms with Crippen LogP contribution in [0.1, 0.15) is 187 Å². The lowest BCUT2D eigenvalue weighted by atomic mass is 10.1. The van der Waals surface area contributed by atoms with E-state index in [0.29, 0.717) is 6.42 Å². The fourth-order valence-corrected chi connectivity index (χ4v) is 6.13. The molecule has 0 saturated carbocycles. The van der Waals surface area contributed by atoms with Crippen LogP contribution in [0.3, 0.4) is 0 Å². The predicted molar refractivity (Wildman–Crippen MR) is 252 cm³/mol. The van der Waals surface area contributed by atoms with Crippen LogP contribution in [0.2, 0.25) is 0 Å². The largest absolute Gasteiger partial charge is 0.394 e. The van der Waals surface area contributed by atoms with E-state index < -0.39 is 12.1 Å². The summed E-state index contributed by atoms with van der Waals surface area (Å²) in [5.74, 6) is -0.0918. The minimum atomic E-state index is -0.880. The van der Waals surface area contributed by atoms with Gasteiger partial charge in [0.1, 0.15) is 0 Å². The van der Waals surface area contributed by atoms with Crippen molar-refractivity contribution < 1.29 is 15.0 Å². The third-order valence-corrected chi connectivity index (χ3v) is 9.66. The Bertz CT molecular complexity index is 1160.